The zero-order valence-corrected chi connectivity index (χ0v) is 11.9. The molecule has 0 aliphatic carbocycles. The molecule has 3 N–H and O–H groups in total. The first-order chi connectivity index (χ1) is 10.3. The first-order valence-corrected chi connectivity index (χ1v) is 6.82. The second kappa shape index (κ2) is 5.05. The first-order valence-electron chi connectivity index (χ1n) is 6.82. The number of nitrogens with one attached hydrogen (secondary N) is 1. The molecule has 3 rings (SSSR count). The summed E-state index contributed by atoms with van der Waals surface area (Å²) >= 11 is 0. The fourth-order valence-electron chi connectivity index (χ4n) is 2.44. The van der Waals surface area contributed by atoms with Gasteiger partial charge < -0.3 is 20.5 Å². The van der Waals surface area contributed by atoms with Crippen molar-refractivity contribution in [3.63, 3.8) is 0 Å². The van der Waals surface area contributed by atoms with Crippen molar-refractivity contribution in [1.29, 1.82) is 0 Å². The third-order valence-corrected chi connectivity index (χ3v) is 3.95. The van der Waals surface area contributed by atoms with Crippen LogP contribution in [0, 0.1) is 5.82 Å². The Morgan fingerprint density at radius 1 is 1.36 bits per heavy atom. The van der Waals surface area contributed by atoms with Crippen LogP contribution in [0.25, 0.3) is 0 Å². The number of halogens is 3. The highest BCUT2D eigenvalue weighted by Gasteiger charge is 2.56. The van der Waals surface area contributed by atoms with Crippen LogP contribution in [0.3, 0.4) is 0 Å². The Morgan fingerprint density at radius 2 is 2.09 bits per heavy atom. The minimum atomic E-state index is -3.38. The largest absolute Gasteiger partial charge is 0.459 e. The van der Waals surface area contributed by atoms with E-state index in [1.54, 1.807) is 0 Å². The summed E-state index contributed by atoms with van der Waals surface area (Å²) in [5, 5.41) is 3.09. The normalized spacial score (nSPS) is 27.5. The zero-order chi connectivity index (χ0) is 16.0. The lowest BCUT2D eigenvalue weighted by atomic mass is 9.85. The van der Waals surface area contributed by atoms with E-state index in [-0.39, 0.29) is 17.6 Å². The van der Waals surface area contributed by atoms with Crippen LogP contribution in [0.2, 0.25) is 0 Å². The van der Waals surface area contributed by atoms with Gasteiger partial charge in [0.2, 0.25) is 0 Å². The number of hydrogen-bond donors (Lipinski definition) is 2. The lowest BCUT2D eigenvalue weighted by Crippen LogP contribution is -2.51. The molecule has 2 heterocycles. The molecule has 1 aromatic rings. The molecule has 1 atom stereocenters. The van der Waals surface area contributed by atoms with Crippen molar-refractivity contribution in [2.75, 3.05) is 25.1 Å². The third-order valence-electron chi connectivity index (χ3n) is 3.95. The molecule has 8 heteroatoms. The Hall–Kier alpha value is -1.96. The standard InChI is InChI=1S/C14H16F3N3O2/c1-13(14(16,17)7-22-12(18)20-13)10-4-8(2-3-11(10)15)19-9-5-21-6-9/h2-4,9,19H,5-7H2,1H3,(H2,18,20). The Balaban J connectivity index is 2.01. The van der Waals surface area contributed by atoms with Crippen LogP contribution < -0.4 is 11.1 Å². The molecule has 1 aromatic carbocycles. The van der Waals surface area contributed by atoms with Gasteiger partial charge in [-0.2, -0.15) is 8.78 Å². The summed E-state index contributed by atoms with van der Waals surface area (Å²) in [6.45, 7) is 1.27. The molecular weight excluding hydrogens is 299 g/mol. The van der Waals surface area contributed by atoms with Gasteiger partial charge >= 0.3 is 5.92 Å². The number of nitrogens with zero attached hydrogens (tertiary/aromatic N) is 1. The minimum absolute atomic E-state index is 0.0925. The maximum Gasteiger partial charge on any atom is 0.310 e. The molecule has 1 saturated heterocycles. The summed E-state index contributed by atoms with van der Waals surface area (Å²) in [6.07, 6.45) is 0. The average molecular weight is 315 g/mol. The van der Waals surface area contributed by atoms with Crippen LogP contribution in [0.4, 0.5) is 18.9 Å². The fourth-order valence-corrected chi connectivity index (χ4v) is 2.44. The van der Waals surface area contributed by atoms with Crippen LogP contribution in [-0.4, -0.2) is 37.8 Å². The molecule has 0 bridgehead atoms. The fraction of sp³-hybridized carbons (Fsp3) is 0.500. The number of benzene rings is 1. The predicted octanol–water partition coefficient (Wildman–Crippen LogP) is 1.83. The number of rotatable bonds is 3. The highest BCUT2D eigenvalue weighted by atomic mass is 19.3. The van der Waals surface area contributed by atoms with Gasteiger partial charge in [0.1, 0.15) is 5.82 Å². The first kappa shape index (κ1) is 15.0. The van der Waals surface area contributed by atoms with E-state index in [0.717, 1.165) is 13.0 Å². The van der Waals surface area contributed by atoms with Crippen LogP contribution in [-0.2, 0) is 15.0 Å². The van der Waals surface area contributed by atoms with Crippen LogP contribution in [0.1, 0.15) is 12.5 Å². The number of nitrogens with two attached hydrogens (primary N) is 1. The smallest absolute Gasteiger partial charge is 0.310 e. The Bertz CT molecular complexity index is 619. The molecule has 2 aliphatic heterocycles. The van der Waals surface area contributed by atoms with Crippen molar-refractivity contribution in [3.8, 4) is 0 Å². The predicted molar refractivity (Wildman–Crippen MR) is 74.5 cm³/mol. The van der Waals surface area contributed by atoms with Gasteiger partial charge in [-0.05, 0) is 25.1 Å². The number of amidine groups is 1. The van der Waals surface area contributed by atoms with Gasteiger partial charge in [0.25, 0.3) is 6.02 Å². The van der Waals surface area contributed by atoms with Gasteiger partial charge in [0.15, 0.2) is 12.1 Å². The zero-order valence-electron chi connectivity index (χ0n) is 11.9. The van der Waals surface area contributed by atoms with Crippen LogP contribution in [0.15, 0.2) is 23.2 Å². The maximum atomic E-state index is 14.3. The van der Waals surface area contributed by atoms with Crippen molar-refractivity contribution in [3.05, 3.63) is 29.6 Å². The van der Waals surface area contributed by atoms with E-state index in [9.17, 15) is 13.2 Å². The van der Waals surface area contributed by atoms with E-state index >= 15 is 0 Å². The SMILES string of the molecule is CC1(c2cc(NC3COC3)ccc2F)N=C(N)OCC1(F)F. The lowest BCUT2D eigenvalue weighted by molar-refractivity contribution is -0.117. The quantitative estimate of drug-likeness (QED) is 0.893. The third kappa shape index (κ3) is 2.37. The Kier molecular flexibility index (Phi) is 3.43. The van der Waals surface area contributed by atoms with Gasteiger partial charge in [0, 0.05) is 11.3 Å². The minimum Gasteiger partial charge on any atom is -0.459 e. The molecule has 0 amide bonds. The summed E-state index contributed by atoms with van der Waals surface area (Å²) in [5.74, 6) is -4.15. The second-order valence-electron chi connectivity index (χ2n) is 5.59. The Labute approximate surface area is 125 Å². The van der Waals surface area contributed by atoms with Gasteiger partial charge in [-0.1, -0.05) is 0 Å². The van der Waals surface area contributed by atoms with Crippen molar-refractivity contribution in [1.82, 2.24) is 0 Å². The Morgan fingerprint density at radius 3 is 2.73 bits per heavy atom. The highest BCUT2D eigenvalue weighted by Crippen LogP contribution is 2.44. The molecule has 1 unspecified atom stereocenters. The molecular formula is C14H16F3N3O2. The van der Waals surface area contributed by atoms with Crippen molar-refractivity contribution < 1.29 is 22.6 Å². The molecule has 0 aromatic heterocycles. The van der Waals surface area contributed by atoms with E-state index in [4.69, 9.17) is 10.5 Å². The van der Waals surface area contributed by atoms with E-state index in [2.05, 4.69) is 15.0 Å². The molecule has 0 saturated carbocycles. The van der Waals surface area contributed by atoms with Gasteiger partial charge in [-0.15, -0.1) is 0 Å². The van der Waals surface area contributed by atoms with Crippen molar-refractivity contribution in [2.45, 2.75) is 24.4 Å². The van der Waals surface area contributed by atoms with Crippen LogP contribution >= 0.6 is 0 Å². The average Bonchev–Trinajstić information content (AvgIpc) is 2.40. The second-order valence-corrected chi connectivity index (χ2v) is 5.59. The monoisotopic (exact) mass is 315 g/mol. The topological polar surface area (TPSA) is 68.9 Å². The van der Waals surface area contributed by atoms with E-state index in [1.165, 1.54) is 12.1 Å². The number of aliphatic imine (C=N–C) groups is 1. The summed E-state index contributed by atoms with van der Waals surface area (Å²) < 4.78 is 52.3. The molecule has 2 aliphatic rings. The molecule has 1 fully saturated rings. The number of anilines is 1. The van der Waals surface area contributed by atoms with E-state index in [1.807, 2.05) is 0 Å². The summed E-state index contributed by atoms with van der Waals surface area (Å²) in [7, 11) is 0. The molecule has 120 valence electrons. The molecule has 0 radical (unpaired) electrons. The number of ether oxygens (including phenoxy) is 2. The molecule has 0 spiro atoms. The van der Waals surface area contributed by atoms with E-state index < -0.39 is 23.9 Å². The van der Waals surface area contributed by atoms with Gasteiger partial charge in [0.05, 0.1) is 19.3 Å². The summed E-state index contributed by atoms with van der Waals surface area (Å²) in [5.41, 5.74) is 3.59. The number of alkyl halides is 2. The lowest BCUT2D eigenvalue weighted by Gasteiger charge is -2.37. The van der Waals surface area contributed by atoms with Crippen molar-refractivity contribution >= 4 is 11.7 Å². The molecule has 5 nitrogen and oxygen atoms in total. The summed E-state index contributed by atoms with van der Waals surface area (Å²) in [4.78, 5) is 3.68. The number of hydrogen-bond acceptors (Lipinski definition) is 5. The maximum absolute atomic E-state index is 14.3. The molecule has 22 heavy (non-hydrogen) atoms. The highest BCUT2D eigenvalue weighted by molar-refractivity contribution is 5.73. The van der Waals surface area contributed by atoms with Crippen molar-refractivity contribution in [2.24, 2.45) is 10.7 Å². The van der Waals surface area contributed by atoms with Crippen LogP contribution in [0.5, 0.6) is 0 Å². The van der Waals surface area contributed by atoms with Gasteiger partial charge in [-0.3, -0.25) is 0 Å². The van der Waals surface area contributed by atoms with Gasteiger partial charge in [-0.25, -0.2) is 9.38 Å². The summed E-state index contributed by atoms with van der Waals surface area (Å²) in [6, 6.07) is 3.68. The van der Waals surface area contributed by atoms with E-state index in [0.29, 0.717) is 18.9 Å².